The fourth-order valence-electron chi connectivity index (χ4n) is 1.63. The number of carbonyl (C=O) groups is 1. The summed E-state index contributed by atoms with van der Waals surface area (Å²) >= 11 is 4.46. The first kappa shape index (κ1) is 15.1. The van der Waals surface area contributed by atoms with E-state index in [-0.39, 0.29) is 5.91 Å². The van der Waals surface area contributed by atoms with Crippen molar-refractivity contribution in [1.29, 1.82) is 0 Å². The number of hydrogen-bond donors (Lipinski definition) is 1. The molecule has 0 fully saturated rings. The van der Waals surface area contributed by atoms with Gasteiger partial charge in [0.2, 0.25) is 0 Å². The van der Waals surface area contributed by atoms with Crippen LogP contribution in [0.2, 0.25) is 0 Å². The Morgan fingerprint density at radius 2 is 2.00 bits per heavy atom. The molecular weight excluding hydrogens is 336 g/mol. The second-order valence-electron chi connectivity index (χ2n) is 4.23. The Balaban J connectivity index is 1.65. The van der Waals surface area contributed by atoms with Crippen molar-refractivity contribution < 1.29 is 4.79 Å². The highest BCUT2D eigenvalue weighted by Gasteiger charge is 2.11. The van der Waals surface area contributed by atoms with Crippen LogP contribution in [0.25, 0.3) is 0 Å². The van der Waals surface area contributed by atoms with Crippen LogP contribution in [0.15, 0.2) is 45.2 Å². The van der Waals surface area contributed by atoms with Gasteiger partial charge in [0.25, 0.3) is 5.91 Å². The Hall–Kier alpha value is -1.77. The molecule has 0 unspecified atom stereocenters. The lowest BCUT2D eigenvalue weighted by atomic mass is 10.2. The third-order valence-corrected chi connectivity index (χ3v) is 5.79. The van der Waals surface area contributed by atoms with Crippen molar-refractivity contribution in [3.8, 4) is 0 Å². The van der Waals surface area contributed by atoms with Gasteiger partial charge in [-0.1, -0.05) is 47.8 Å². The molecule has 0 atom stereocenters. The van der Waals surface area contributed by atoms with Crippen LogP contribution in [0.1, 0.15) is 22.3 Å². The standard InChI is InChI=1S/C14H12N4OS3/c1-2-10-17-18-14(20-10)22-13-15-8-11(21-13)16-12(19)9-6-4-3-5-7-9/h3-8H,2H2,1H3,(H,16,19). The molecular formula is C14H12N4OS3. The SMILES string of the molecule is CCc1nnc(Sc2ncc(NC(=O)c3ccccc3)s2)s1. The summed E-state index contributed by atoms with van der Waals surface area (Å²) in [5, 5.41) is 12.8. The molecule has 0 saturated carbocycles. The predicted molar refractivity (Wildman–Crippen MR) is 89.9 cm³/mol. The molecule has 2 aromatic heterocycles. The zero-order valence-electron chi connectivity index (χ0n) is 11.6. The van der Waals surface area contributed by atoms with Gasteiger partial charge in [0.05, 0.1) is 6.20 Å². The van der Waals surface area contributed by atoms with Crippen LogP contribution in [-0.4, -0.2) is 21.1 Å². The summed E-state index contributed by atoms with van der Waals surface area (Å²) in [6.45, 7) is 2.05. The van der Waals surface area contributed by atoms with Gasteiger partial charge in [0.15, 0.2) is 8.68 Å². The van der Waals surface area contributed by atoms with E-state index in [4.69, 9.17) is 0 Å². The molecule has 5 nitrogen and oxygen atoms in total. The molecule has 112 valence electrons. The molecule has 0 saturated heterocycles. The van der Waals surface area contributed by atoms with Crippen molar-refractivity contribution in [2.75, 3.05) is 5.32 Å². The summed E-state index contributed by atoms with van der Waals surface area (Å²) in [5.41, 5.74) is 0.627. The smallest absolute Gasteiger partial charge is 0.256 e. The molecule has 0 aliphatic carbocycles. The van der Waals surface area contributed by atoms with Crippen molar-refractivity contribution >= 4 is 45.3 Å². The Kier molecular flexibility index (Phi) is 4.81. The van der Waals surface area contributed by atoms with Gasteiger partial charge in [-0.3, -0.25) is 4.79 Å². The highest BCUT2D eigenvalue weighted by atomic mass is 32.2. The number of anilines is 1. The van der Waals surface area contributed by atoms with E-state index in [1.54, 1.807) is 29.7 Å². The van der Waals surface area contributed by atoms with Crippen molar-refractivity contribution in [1.82, 2.24) is 15.2 Å². The number of nitrogens with one attached hydrogen (secondary N) is 1. The second kappa shape index (κ2) is 6.99. The normalized spacial score (nSPS) is 10.6. The molecule has 0 bridgehead atoms. The Bertz CT molecular complexity index is 769. The minimum Gasteiger partial charge on any atom is -0.312 e. The third kappa shape index (κ3) is 3.70. The van der Waals surface area contributed by atoms with Gasteiger partial charge < -0.3 is 5.32 Å². The van der Waals surface area contributed by atoms with Gasteiger partial charge in [0.1, 0.15) is 10.0 Å². The average Bonchev–Trinajstić information content (AvgIpc) is 3.18. The van der Waals surface area contributed by atoms with Crippen molar-refractivity contribution in [2.24, 2.45) is 0 Å². The Labute approximate surface area is 139 Å². The minimum atomic E-state index is -0.134. The van der Waals surface area contributed by atoms with E-state index in [1.807, 2.05) is 18.2 Å². The molecule has 0 aliphatic rings. The highest BCUT2D eigenvalue weighted by molar-refractivity contribution is 8.02. The number of aromatic nitrogens is 3. The van der Waals surface area contributed by atoms with Gasteiger partial charge in [-0.05, 0) is 30.3 Å². The fraction of sp³-hybridized carbons (Fsp3) is 0.143. The van der Waals surface area contributed by atoms with Gasteiger partial charge in [-0.25, -0.2) is 4.98 Å². The lowest BCUT2D eigenvalue weighted by Gasteiger charge is -2.00. The van der Waals surface area contributed by atoms with Crippen LogP contribution < -0.4 is 5.32 Å². The summed E-state index contributed by atoms with van der Waals surface area (Å²) in [6.07, 6.45) is 2.55. The van der Waals surface area contributed by atoms with Crippen molar-refractivity contribution in [2.45, 2.75) is 22.0 Å². The topological polar surface area (TPSA) is 67.8 Å². The molecule has 8 heteroatoms. The zero-order chi connectivity index (χ0) is 15.4. The monoisotopic (exact) mass is 348 g/mol. The summed E-state index contributed by atoms with van der Waals surface area (Å²) < 4.78 is 1.70. The quantitative estimate of drug-likeness (QED) is 0.756. The highest BCUT2D eigenvalue weighted by Crippen LogP contribution is 2.34. The molecule has 1 N–H and O–H groups in total. The van der Waals surface area contributed by atoms with Gasteiger partial charge in [-0.2, -0.15) is 0 Å². The number of hydrogen-bond acceptors (Lipinski definition) is 7. The number of carbonyl (C=O) groups excluding carboxylic acids is 1. The summed E-state index contributed by atoms with van der Waals surface area (Å²) in [5.74, 6) is -0.134. The van der Waals surface area contributed by atoms with Gasteiger partial charge in [-0.15, -0.1) is 10.2 Å². The number of aryl methyl sites for hydroxylation is 1. The molecule has 1 amide bonds. The van der Waals surface area contributed by atoms with Gasteiger partial charge in [0, 0.05) is 5.56 Å². The molecule has 0 spiro atoms. The van der Waals surface area contributed by atoms with Crippen molar-refractivity contribution in [3.05, 3.63) is 47.1 Å². The van der Waals surface area contributed by atoms with E-state index in [1.165, 1.54) is 23.1 Å². The van der Waals surface area contributed by atoms with E-state index in [0.29, 0.717) is 5.56 Å². The summed E-state index contributed by atoms with van der Waals surface area (Å²) in [6, 6.07) is 9.11. The van der Waals surface area contributed by atoms with Crippen LogP contribution in [0, 0.1) is 0 Å². The fourth-order valence-corrected chi connectivity index (χ4v) is 4.55. The molecule has 3 rings (SSSR count). The zero-order valence-corrected chi connectivity index (χ0v) is 14.1. The number of benzene rings is 1. The minimum absolute atomic E-state index is 0.134. The molecule has 0 radical (unpaired) electrons. The Morgan fingerprint density at radius 1 is 1.18 bits per heavy atom. The van der Waals surface area contributed by atoms with E-state index < -0.39 is 0 Å². The summed E-state index contributed by atoms with van der Waals surface area (Å²) in [7, 11) is 0. The maximum atomic E-state index is 12.1. The van der Waals surface area contributed by atoms with Crippen LogP contribution >= 0.6 is 34.4 Å². The van der Waals surface area contributed by atoms with E-state index in [2.05, 4.69) is 27.4 Å². The maximum Gasteiger partial charge on any atom is 0.256 e. The van der Waals surface area contributed by atoms with Crippen LogP contribution in [-0.2, 0) is 6.42 Å². The van der Waals surface area contributed by atoms with Crippen LogP contribution in [0.5, 0.6) is 0 Å². The second-order valence-corrected chi connectivity index (χ2v) is 7.81. The van der Waals surface area contributed by atoms with E-state index >= 15 is 0 Å². The Morgan fingerprint density at radius 3 is 2.73 bits per heavy atom. The first-order valence-electron chi connectivity index (χ1n) is 6.57. The van der Waals surface area contributed by atoms with Crippen LogP contribution in [0.3, 0.4) is 0 Å². The van der Waals surface area contributed by atoms with Gasteiger partial charge >= 0.3 is 0 Å². The molecule has 1 aromatic carbocycles. The predicted octanol–water partition coefficient (Wildman–Crippen LogP) is 3.96. The summed E-state index contributed by atoms with van der Waals surface area (Å²) in [4.78, 5) is 16.4. The molecule has 22 heavy (non-hydrogen) atoms. The molecule has 3 aromatic rings. The average molecular weight is 348 g/mol. The third-order valence-electron chi connectivity index (χ3n) is 2.68. The largest absolute Gasteiger partial charge is 0.312 e. The maximum absolute atomic E-state index is 12.1. The number of thiazole rings is 1. The first-order chi connectivity index (χ1) is 10.7. The van der Waals surface area contributed by atoms with Crippen molar-refractivity contribution in [3.63, 3.8) is 0 Å². The number of rotatable bonds is 5. The first-order valence-corrected chi connectivity index (χ1v) is 9.02. The molecule has 0 aliphatic heterocycles. The number of nitrogens with zero attached hydrogens (tertiary/aromatic N) is 3. The van der Waals surface area contributed by atoms with E-state index in [9.17, 15) is 4.79 Å². The van der Waals surface area contributed by atoms with E-state index in [0.717, 1.165) is 25.1 Å². The molecule has 2 heterocycles. The lowest BCUT2D eigenvalue weighted by molar-refractivity contribution is 0.102. The number of amides is 1. The van der Waals surface area contributed by atoms with Crippen LogP contribution in [0.4, 0.5) is 5.00 Å². The lowest BCUT2D eigenvalue weighted by Crippen LogP contribution is -2.10.